The van der Waals surface area contributed by atoms with Crippen molar-refractivity contribution in [3.63, 3.8) is 0 Å². The van der Waals surface area contributed by atoms with Crippen LogP contribution in [0.15, 0.2) is 18.2 Å². The van der Waals surface area contributed by atoms with Gasteiger partial charge in [0, 0.05) is 29.4 Å². The molecule has 0 radical (unpaired) electrons. The molecule has 0 unspecified atom stereocenters. The number of carbonyl (C=O) groups excluding carboxylic acids is 1. The van der Waals surface area contributed by atoms with E-state index in [2.05, 4.69) is 5.10 Å². The topological polar surface area (TPSA) is 58.4 Å². The van der Waals surface area contributed by atoms with Gasteiger partial charge in [0.1, 0.15) is 0 Å². The summed E-state index contributed by atoms with van der Waals surface area (Å²) in [6, 6.07) is 5.83. The molecule has 24 heavy (non-hydrogen) atoms. The molecule has 0 saturated carbocycles. The van der Waals surface area contributed by atoms with Crippen LogP contribution < -0.4 is 0 Å². The third-order valence-corrected chi connectivity index (χ3v) is 5.09. The number of aryl methyl sites for hydroxylation is 2. The van der Waals surface area contributed by atoms with Crippen LogP contribution in [0.2, 0.25) is 5.02 Å². The van der Waals surface area contributed by atoms with Gasteiger partial charge in [0.05, 0.1) is 23.9 Å². The molecule has 1 aliphatic rings. The highest BCUT2D eigenvalue weighted by molar-refractivity contribution is 6.31. The Hall–Kier alpha value is -1.85. The molecule has 0 bridgehead atoms. The van der Waals surface area contributed by atoms with Gasteiger partial charge in [-0.25, -0.2) is 4.68 Å². The molecule has 0 aliphatic carbocycles. The molecule has 3 rings (SSSR count). The average Bonchev–Trinajstić information content (AvgIpc) is 3.09. The quantitative estimate of drug-likeness (QED) is 0.928. The normalized spacial score (nSPS) is 17.5. The lowest BCUT2D eigenvalue weighted by molar-refractivity contribution is -0.129. The molecule has 2 heterocycles. The predicted octanol–water partition coefficient (Wildman–Crippen LogP) is 2.59. The Morgan fingerprint density at radius 2 is 2.12 bits per heavy atom. The molecule has 1 aromatic heterocycles. The number of hydrogen-bond acceptors (Lipinski definition) is 3. The summed E-state index contributed by atoms with van der Waals surface area (Å²) in [4.78, 5) is 14.2. The highest BCUT2D eigenvalue weighted by atomic mass is 35.5. The molecular weight excluding hydrogens is 326 g/mol. The minimum absolute atomic E-state index is 0.0410. The van der Waals surface area contributed by atoms with Gasteiger partial charge in [0.2, 0.25) is 5.91 Å². The summed E-state index contributed by atoms with van der Waals surface area (Å²) in [7, 11) is 0. The number of aliphatic hydroxyl groups is 1. The third kappa shape index (κ3) is 3.19. The Kier molecular flexibility index (Phi) is 4.65. The first-order valence-corrected chi connectivity index (χ1v) is 8.52. The number of likely N-dealkylation sites (tertiary alicyclic amines) is 1. The monoisotopic (exact) mass is 347 g/mol. The maximum absolute atomic E-state index is 12.5. The highest BCUT2D eigenvalue weighted by Gasteiger charge is 2.26. The minimum atomic E-state index is -0.395. The SMILES string of the molecule is Cc1ccc(-n2nc(C)c(CC(=O)N3CC[C@@H](O)C3)c2C)cc1Cl. The molecule has 5 nitrogen and oxygen atoms in total. The molecule has 1 aliphatic heterocycles. The number of nitrogens with zero attached hydrogens (tertiary/aromatic N) is 3. The molecule has 1 fully saturated rings. The molecule has 6 heteroatoms. The molecule has 1 N–H and O–H groups in total. The van der Waals surface area contributed by atoms with Gasteiger partial charge < -0.3 is 10.0 Å². The smallest absolute Gasteiger partial charge is 0.227 e. The van der Waals surface area contributed by atoms with Gasteiger partial charge >= 0.3 is 0 Å². The van der Waals surface area contributed by atoms with Gasteiger partial charge in [-0.05, 0) is 44.9 Å². The summed E-state index contributed by atoms with van der Waals surface area (Å²) in [5.74, 6) is 0.0410. The molecule has 2 aromatic rings. The Bertz CT molecular complexity index is 785. The summed E-state index contributed by atoms with van der Waals surface area (Å²) in [5.41, 5.74) is 4.64. The maximum atomic E-state index is 12.5. The Morgan fingerprint density at radius 1 is 1.38 bits per heavy atom. The number of hydrogen-bond donors (Lipinski definition) is 1. The Balaban J connectivity index is 1.86. The third-order valence-electron chi connectivity index (χ3n) is 4.69. The highest BCUT2D eigenvalue weighted by Crippen LogP contribution is 2.23. The van der Waals surface area contributed by atoms with Crippen molar-refractivity contribution in [1.82, 2.24) is 14.7 Å². The molecular formula is C18H22ClN3O2. The number of rotatable bonds is 3. The van der Waals surface area contributed by atoms with E-state index in [1.54, 1.807) is 4.90 Å². The summed E-state index contributed by atoms with van der Waals surface area (Å²) < 4.78 is 1.84. The van der Waals surface area contributed by atoms with E-state index < -0.39 is 6.10 Å². The van der Waals surface area contributed by atoms with Crippen LogP contribution in [0, 0.1) is 20.8 Å². The van der Waals surface area contributed by atoms with Crippen molar-refractivity contribution >= 4 is 17.5 Å². The molecule has 0 spiro atoms. The lowest BCUT2D eigenvalue weighted by atomic mass is 10.1. The molecule has 1 saturated heterocycles. The standard InChI is InChI=1S/C18H22ClN3O2/c1-11-4-5-14(8-17(11)19)22-13(3)16(12(2)20-22)9-18(24)21-7-6-15(23)10-21/h4-5,8,15,23H,6-7,9-10H2,1-3H3/t15-/m1/s1. The fraction of sp³-hybridized carbons (Fsp3) is 0.444. The zero-order valence-electron chi connectivity index (χ0n) is 14.2. The van der Waals surface area contributed by atoms with E-state index in [-0.39, 0.29) is 5.91 Å². The first-order chi connectivity index (χ1) is 11.4. The Labute approximate surface area is 146 Å². The van der Waals surface area contributed by atoms with Crippen LogP contribution >= 0.6 is 11.6 Å². The van der Waals surface area contributed by atoms with Crippen LogP contribution in [-0.4, -0.2) is 44.9 Å². The number of halogens is 1. The lowest BCUT2D eigenvalue weighted by Gasteiger charge is -2.15. The Morgan fingerprint density at radius 3 is 2.75 bits per heavy atom. The van der Waals surface area contributed by atoms with Crippen molar-refractivity contribution in [2.75, 3.05) is 13.1 Å². The summed E-state index contributed by atoms with van der Waals surface area (Å²) in [6.07, 6.45) is 0.572. The second-order valence-electron chi connectivity index (χ2n) is 6.45. The first kappa shape index (κ1) is 17.0. The predicted molar refractivity (Wildman–Crippen MR) is 93.7 cm³/mol. The second-order valence-corrected chi connectivity index (χ2v) is 6.86. The number of amides is 1. The summed E-state index contributed by atoms with van der Waals surface area (Å²) in [5, 5.41) is 14.9. The van der Waals surface area contributed by atoms with Crippen LogP contribution in [0.3, 0.4) is 0 Å². The van der Waals surface area contributed by atoms with Crippen molar-refractivity contribution in [2.45, 2.75) is 39.7 Å². The fourth-order valence-electron chi connectivity index (χ4n) is 3.13. The molecule has 1 amide bonds. The van der Waals surface area contributed by atoms with Crippen molar-refractivity contribution in [3.8, 4) is 5.69 Å². The van der Waals surface area contributed by atoms with Gasteiger partial charge in [-0.1, -0.05) is 17.7 Å². The van der Waals surface area contributed by atoms with Gasteiger partial charge in [0.25, 0.3) is 0 Å². The van der Waals surface area contributed by atoms with Gasteiger partial charge in [0.15, 0.2) is 0 Å². The number of β-amino-alcohol motifs (C(OH)–C–C–N with tert-alkyl or cyclic N) is 1. The molecule has 128 valence electrons. The van der Waals surface area contributed by atoms with E-state index in [1.807, 2.05) is 43.7 Å². The summed E-state index contributed by atoms with van der Waals surface area (Å²) in [6.45, 7) is 6.90. The van der Waals surface area contributed by atoms with E-state index in [0.717, 1.165) is 28.2 Å². The molecule has 1 aromatic carbocycles. The second kappa shape index (κ2) is 6.57. The number of aromatic nitrogens is 2. The number of benzene rings is 1. The zero-order valence-corrected chi connectivity index (χ0v) is 15.0. The van der Waals surface area contributed by atoms with Crippen LogP contribution in [0.25, 0.3) is 5.69 Å². The van der Waals surface area contributed by atoms with Gasteiger partial charge in [-0.2, -0.15) is 5.10 Å². The van der Waals surface area contributed by atoms with E-state index >= 15 is 0 Å². The maximum Gasteiger partial charge on any atom is 0.227 e. The van der Waals surface area contributed by atoms with Crippen LogP contribution in [0.5, 0.6) is 0 Å². The minimum Gasteiger partial charge on any atom is -0.391 e. The fourth-order valence-corrected chi connectivity index (χ4v) is 3.30. The van der Waals surface area contributed by atoms with E-state index in [0.29, 0.717) is 31.0 Å². The van der Waals surface area contributed by atoms with Crippen molar-refractivity contribution in [2.24, 2.45) is 0 Å². The van der Waals surface area contributed by atoms with Gasteiger partial charge in [-0.3, -0.25) is 4.79 Å². The van der Waals surface area contributed by atoms with E-state index in [1.165, 1.54) is 0 Å². The summed E-state index contributed by atoms with van der Waals surface area (Å²) >= 11 is 6.22. The first-order valence-electron chi connectivity index (χ1n) is 8.14. The zero-order chi connectivity index (χ0) is 17.4. The van der Waals surface area contributed by atoms with Gasteiger partial charge in [-0.15, -0.1) is 0 Å². The van der Waals surface area contributed by atoms with E-state index in [9.17, 15) is 9.90 Å². The largest absolute Gasteiger partial charge is 0.391 e. The van der Waals surface area contributed by atoms with Crippen molar-refractivity contribution in [3.05, 3.63) is 45.7 Å². The lowest BCUT2D eigenvalue weighted by Crippen LogP contribution is -2.31. The van der Waals surface area contributed by atoms with E-state index in [4.69, 9.17) is 11.6 Å². The van der Waals surface area contributed by atoms with Crippen molar-refractivity contribution in [1.29, 1.82) is 0 Å². The van der Waals surface area contributed by atoms with Crippen molar-refractivity contribution < 1.29 is 9.90 Å². The molecule has 1 atom stereocenters. The number of carbonyl (C=O) groups is 1. The average molecular weight is 348 g/mol. The number of aliphatic hydroxyl groups excluding tert-OH is 1. The van der Waals surface area contributed by atoms with Crippen LogP contribution in [0.1, 0.15) is 28.9 Å². The van der Waals surface area contributed by atoms with Crippen LogP contribution in [0.4, 0.5) is 0 Å². The van der Waals surface area contributed by atoms with Crippen LogP contribution in [-0.2, 0) is 11.2 Å².